The van der Waals surface area contributed by atoms with Crippen molar-refractivity contribution in [2.24, 2.45) is 5.92 Å². The van der Waals surface area contributed by atoms with Gasteiger partial charge in [-0.2, -0.15) is 0 Å². The number of imide groups is 1. The van der Waals surface area contributed by atoms with Crippen molar-refractivity contribution < 1.29 is 9.59 Å². The van der Waals surface area contributed by atoms with Crippen molar-refractivity contribution in [2.45, 2.75) is 38.8 Å². The fourth-order valence-electron chi connectivity index (χ4n) is 3.18. The average molecular weight is 346 g/mol. The second-order valence-corrected chi connectivity index (χ2v) is 6.71. The molecule has 0 radical (unpaired) electrons. The molecule has 1 heterocycles. The summed E-state index contributed by atoms with van der Waals surface area (Å²) >= 11 is 0. The van der Waals surface area contributed by atoms with E-state index in [1.807, 2.05) is 44.3 Å². The highest BCUT2D eigenvalue weighted by Gasteiger charge is 2.27. The predicted molar refractivity (Wildman–Crippen MR) is 99.1 cm³/mol. The van der Waals surface area contributed by atoms with Crippen LogP contribution in [-0.2, 0) is 11.3 Å². The number of nitrogens with zero attached hydrogens (tertiary/aromatic N) is 1. The Morgan fingerprint density at radius 3 is 2.52 bits per heavy atom. The third-order valence-electron chi connectivity index (χ3n) is 4.91. The Hall–Kier alpha value is -1.92. The molecule has 138 valence electrons. The second-order valence-electron chi connectivity index (χ2n) is 6.71. The summed E-state index contributed by atoms with van der Waals surface area (Å²) in [5, 5.41) is 8.36. The van der Waals surface area contributed by atoms with E-state index in [2.05, 4.69) is 20.9 Å². The number of nitrogens with one attached hydrogen (secondary N) is 3. The van der Waals surface area contributed by atoms with Crippen molar-refractivity contribution >= 4 is 11.9 Å². The van der Waals surface area contributed by atoms with E-state index in [1.165, 1.54) is 6.42 Å². The van der Waals surface area contributed by atoms with E-state index in [9.17, 15) is 9.59 Å². The Kier molecular flexibility index (Phi) is 7.88. The van der Waals surface area contributed by atoms with Crippen molar-refractivity contribution in [2.75, 3.05) is 26.7 Å². The van der Waals surface area contributed by atoms with E-state index >= 15 is 0 Å². The molecule has 0 aliphatic carbocycles. The molecule has 0 spiro atoms. The Balaban J connectivity index is 1.70. The van der Waals surface area contributed by atoms with Crippen LogP contribution in [0.15, 0.2) is 30.3 Å². The molecule has 1 aromatic carbocycles. The zero-order valence-electron chi connectivity index (χ0n) is 15.3. The Labute approximate surface area is 150 Å². The quantitative estimate of drug-likeness (QED) is 0.703. The van der Waals surface area contributed by atoms with Gasteiger partial charge < -0.3 is 10.6 Å². The minimum absolute atomic E-state index is 0.237. The molecule has 1 aliphatic heterocycles. The van der Waals surface area contributed by atoms with E-state index < -0.39 is 6.03 Å². The van der Waals surface area contributed by atoms with Crippen LogP contribution in [0.2, 0.25) is 0 Å². The number of urea groups is 1. The van der Waals surface area contributed by atoms with E-state index in [-0.39, 0.29) is 11.9 Å². The van der Waals surface area contributed by atoms with E-state index in [0.717, 1.165) is 44.0 Å². The third kappa shape index (κ3) is 6.48. The minimum atomic E-state index is -0.440. The number of hydrogen-bond donors (Lipinski definition) is 3. The van der Waals surface area contributed by atoms with Gasteiger partial charge in [0.15, 0.2) is 0 Å². The summed E-state index contributed by atoms with van der Waals surface area (Å²) in [5.74, 6) is 0.493. The lowest BCUT2D eigenvalue weighted by Gasteiger charge is -2.35. The maximum atomic E-state index is 12.3. The summed E-state index contributed by atoms with van der Waals surface area (Å²) in [4.78, 5) is 26.4. The molecule has 6 nitrogen and oxygen atoms in total. The van der Waals surface area contributed by atoms with E-state index in [4.69, 9.17) is 0 Å². The fraction of sp³-hybridized carbons (Fsp3) is 0.579. The van der Waals surface area contributed by atoms with Crippen LogP contribution in [0.5, 0.6) is 0 Å². The molecule has 1 aromatic rings. The lowest BCUT2D eigenvalue weighted by atomic mass is 9.93. The van der Waals surface area contributed by atoms with Crippen molar-refractivity contribution in [1.29, 1.82) is 0 Å². The maximum absolute atomic E-state index is 12.3. The summed E-state index contributed by atoms with van der Waals surface area (Å²) in [6, 6.07) is 8.91. The van der Waals surface area contributed by atoms with Gasteiger partial charge in [0.05, 0.1) is 6.04 Å². The number of rotatable bonds is 7. The average Bonchev–Trinajstić information content (AvgIpc) is 2.65. The smallest absolute Gasteiger partial charge is 0.321 e. The van der Waals surface area contributed by atoms with Gasteiger partial charge in [-0.1, -0.05) is 30.3 Å². The van der Waals surface area contributed by atoms with Gasteiger partial charge in [0.1, 0.15) is 0 Å². The summed E-state index contributed by atoms with van der Waals surface area (Å²) in [5.41, 5.74) is 1.00. The Morgan fingerprint density at radius 1 is 1.20 bits per heavy atom. The molecule has 1 aliphatic rings. The topological polar surface area (TPSA) is 73.5 Å². The molecule has 3 amide bonds. The maximum Gasteiger partial charge on any atom is 0.321 e. The van der Waals surface area contributed by atoms with Crippen LogP contribution in [-0.4, -0.2) is 49.6 Å². The molecular formula is C19H30N4O2. The van der Waals surface area contributed by atoms with E-state index in [1.54, 1.807) is 0 Å². The number of amides is 3. The van der Waals surface area contributed by atoms with Crippen LogP contribution >= 0.6 is 0 Å². The van der Waals surface area contributed by atoms with Gasteiger partial charge in [-0.15, -0.1) is 0 Å². The molecule has 1 atom stereocenters. The first-order valence-electron chi connectivity index (χ1n) is 9.11. The van der Waals surface area contributed by atoms with Crippen LogP contribution in [0.3, 0.4) is 0 Å². The Morgan fingerprint density at radius 2 is 1.88 bits per heavy atom. The largest absolute Gasteiger partial charge is 0.334 e. The second kappa shape index (κ2) is 10.2. The fourth-order valence-corrected chi connectivity index (χ4v) is 3.18. The van der Waals surface area contributed by atoms with Gasteiger partial charge in [0.2, 0.25) is 5.91 Å². The molecule has 25 heavy (non-hydrogen) atoms. The molecule has 3 N–H and O–H groups in total. The predicted octanol–water partition coefficient (Wildman–Crippen LogP) is 1.72. The van der Waals surface area contributed by atoms with Crippen LogP contribution in [0.4, 0.5) is 4.79 Å². The highest BCUT2D eigenvalue weighted by atomic mass is 16.2. The molecule has 0 aromatic heterocycles. The summed E-state index contributed by atoms with van der Waals surface area (Å²) in [6.45, 7) is 5.14. The normalized spacial score (nSPS) is 17.0. The van der Waals surface area contributed by atoms with Crippen molar-refractivity contribution in [3.05, 3.63) is 35.9 Å². The third-order valence-corrected chi connectivity index (χ3v) is 4.91. The molecule has 1 unspecified atom stereocenters. The minimum Gasteiger partial charge on any atom is -0.334 e. The number of hydrogen-bond acceptors (Lipinski definition) is 4. The number of benzene rings is 1. The summed E-state index contributed by atoms with van der Waals surface area (Å²) in [7, 11) is 1.98. The van der Waals surface area contributed by atoms with Crippen LogP contribution in [0.25, 0.3) is 0 Å². The molecule has 1 saturated heterocycles. The van der Waals surface area contributed by atoms with Crippen molar-refractivity contribution in [1.82, 2.24) is 20.9 Å². The van der Waals surface area contributed by atoms with Gasteiger partial charge >= 0.3 is 6.03 Å². The first-order chi connectivity index (χ1) is 12.1. The van der Waals surface area contributed by atoms with Gasteiger partial charge in [0.25, 0.3) is 0 Å². The molecular weight excluding hydrogens is 316 g/mol. The van der Waals surface area contributed by atoms with Crippen LogP contribution in [0.1, 0.15) is 31.7 Å². The zero-order chi connectivity index (χ0) is 18.1. The lowest BCUT2D eigenvalue weighted by Crippen LogP contribution is -2.51. The number of piperidine rings is 1. The number of likely N-dealkylation sites (tertiary alicyclic amines) is 1. The van der Waals surface area contributed by atoms with Crippen molar-refractivity contribution in [3.63, 3.8) is 0 Å². The van der Waals surface area contributed by atoms with E-state index in [0.29, 0.717) is 6.54 Å². The first kappa shape index (κ1) is 19.4. The molecule has 0 bridgehead atoms. The highest BCUT2D eigenvalue weighted by molar-refractivity contribution is 5.96. The summed E-state index contributed by atoms with van der Waals surface area (Å²) in [6.07, 6.45) is 3.41. The van der Waals surface area contributed by atoms with Crippen LogP contribution in [0, 0.1) is 5.92 Å². The van der Waals surface area contributed by atoms with Crippen LogP contribution < -0.4 is 16.0 Å². The molecule has 0 saturated carbocycles. The zero-order valence-corrected chi connectivity index (χ0v) is 15.3. The number of carbonyl (C=O) groups excluding carboxylic acids is 2. The Bertz CT molecular complexity index is 542. The van der Waals surface area contributed by atoms with Gasteiger partial charge in [0, 0.05) is 6.54 Å². The summed E-state index contributed by atoms with van der Waals surface area (Å²) < 4.78 is 0. The van der Waals surface area contributed by atoms with Gasteiger partial charge in [-0.3, -0.25) is 15.0 Å². The first-order valence-corrected chi connectivity index (χ1v) is 9.11. The highest BCUT2D eigenvalue weighted by Crippen LogP contribution is 2.21. The monoisotopic (exact) mass is 346 g/mol. The van der Waals surface area contributed by atoms with Crippen molar-refractivity contribution in [3.8, 4) is 0 Å². The number of carbonyl (C=O) groups is 2. The molecule has 1 fully saturated rings. The van der Waals surface area contributed by atoms with Gasteiger partial charge in [-0.05, 0) is 64.3 Å². The molecule has 2 rings (SSSR count). The standard InChI is InChI=1S/C19H30N4O2/c1-15(23-12-9-16(10-13-23)8-11-20-2)18(24)22-19(25)21-14-17-6-4-3-5-7-17/h3-7,15-16,20H,8-14H2,1-2H3,(H2,21,22,24,25). The molecule has 6 heteroatoms. The SMILES string of the molecule is CNCCC1CCN(C(C)C(=O)NC(=O)NCc2ccccc2)CC1. The lowest BCUT2D eigenvalue weighted by molar-refractivity contribution is -0.125. The van der Waals surface area contributed by atoms with Gasteiger partial charge in [-0.25, -0.2) is 4.79 Å².